The quantitative estimate of drug-likeness (QED) is 0.665. The highest BCUT2D eigenvalue weighted by Gasteiger charge is 2.15. The zero-order chi connectivity index (χ0) is 15.4. The van der Waals surface area contributed by atoms with Crippen molar-refractivity contribution in [3.63, 3.8) is 0 Å². The maximum absolute atomic E-state index is 13.6. The second-order valence-corrected chi connectivity index (χ2v) is 4.03. The van der Waals surface area contributed by atoms with Gasteiger partial charge in [-0.3, -0.25) is 14.9 Å². The number of anilines is 2. The topological polar surface area (TPSA) is 97.2 Å². The van der Waals surface area contributed by atoms with Crippen LogP contribution in [0, 0.1) is 15.9 Å². The number of pyridine rings is 1. The fourth-order valence-corrected chi connectivity index (χ4v) is 1.61. The van der Waals surface area contributed by atoms with E-state index >= 15 is 0 Å². The largest absolute Gasteiger partial charge is 0.373 e. The minimum Gasteiger partial charge on any atom is -0.373 e. The van der Waals surface area contributed by atoms with E-state index in [1.165, 1.54) is 6.07 Å². The normalized spacial score (nSPS) is 10.0. The summed E-state index contributed by atoms with van der Waals surface area (Å²) in [4.78, 5) is 26.0. The lowest BCUT2D eigenvalue weighted by atomic mass is 10.2. The summed E-state index contributed by atoms with van der Waals surface area (Å²) in [5.41, 5.74) is -0.526. The summed E-state index contributed by atoms with van der Waals surface area (Å²) in [5.74, 6) is -0.951. The summed E-state index contributed by atoms with van der Waals surface area (Å²) in [6.07, 6.45) is 0. The molecule has 1 aromatic heterocycles. The Balaban J connectivity index is 2.26. The van der Waals surface area contributed by atoms with E-state index in [4.69, 9.17) is 0 Å². The Hall–Kier alpha value is -3.03. The fourth-order valence-electron chi connectivity index (χ4n) is 1.61. The SMILES string of the molecule is CNc1cccc(C(=O)Nc2cc([N+](=O)[O-])ccc2F)n1. The van der Waals surface area contributed by atoms with Gasteiger partial charge in [0.05, 0.1) is 10.6 Å². The number of aromatic nitrogens is 1. The van der Waals surface area contributed by atoms with Crippen LogP contribution in [0.2, 0.25) is 0 Å². The number of carbonyl (C=O) groups is 1. The van der Waals surface area contributed by atoms with Crippen molar-refractivity contribution in [2.24, 2.45) is 0 Å². The minimum absolute atomic E-state index is 0.0627. The number of carbonyl (C=O) groups excluding carboxylic acids is 1. The molecule has 0 aliphatic carbocycles. The average Bonchev–Trinajstić information content (AvgIpc) is 2.49. The number of rotatable bonds is 4. The van der Waals surface area contributed by atoms with Gasteiger partial charge in [-0.1, -0.05) is 6.07 Å². The van der Waals surface area contributed by atoms with E-state index < -0.39 is 16.6 Å². The molecule has 0 fully saturated rings. The van der Waals surface area contributed by atoms with Crippen LogP contribution in [0.15, 0.2) is 36.4 Å². The molecule has 8 heteroatoms. The predicted octanol–water partition coefficient (Wildman–Crippen LogP) is 2.42. The highest BCUT2D eigenvalue weighted by molar-refractivity contribution is 6.03. The average molecular weight is 290 g/mol. The fraction of sp³-hybridized carbons (Fsp3) is 0.0769. The van der Waals surface area contributed by atoms with Crippen LogP contribution in [0.4, 0.5) is 21.6 Å². The van der Waals surface area contributed by atoms with Crippen molar-refractivity contribution < 1.29 is 14.1 Å². The third-order valence-corrected chi connectivity index (χ3v) is 2.65. The lowest BCUT2D eigenvalue weighted by Gasteiger charge is -2.07. The van der Waals surface area contributed by atoms with E-state index in [-0.39, 0.29) is 17.1 Å². The van der Waals surface area contributed by atoms with Crippen molar-refractivity contribution in [3.05, 3.63) is 58.0 Å². The molecule has 1 aromatic carbocycles. The van der Waals surface area contributed by atoms with Gasteiger partial charge < -0.3 is 10.6 Å². The summed E-state index contributed by atoms with van der Waals surface area (Å²) in [5, 5.41) is 15.7. The van der Waals surface area contributed by atoms with Crippen LogP contribution < -0.4 is 10.6 Å². The van der Waals surface area contributed by atoms with Crippen LogP contribution >= 0.6 is 0 Å². The number of hydrogen-bond donors (Lipinski definition) is 2. The molecule has 1 heterocycles. The van der Waals surface area contributed by atoms with Crippen molar-refractivity contribution in [1.82, 2.24) is 4.98 Å². The molecule has 2 N–H and O–H groups in total. The maximum Gasteiger partial charge on any atom is 0.274 e. The van der Waals surface area contributed by atoms with E-state index in [1.807, 2.05) is 0 Å². The molecular weight excluding hydrogens is 279 g/mol. The smallest absolute Gasteiger partial charge is 0.274 e. The molecule has 21 heavy (non-hydrogen) atoms. The van der Waals surface area contributed by atoms with E-state index in [2.05, 4.69) is 15.6 Å². The number of nitrogens with one attached hydrogen (secondary N) is 2. The van der Waals surface area contributed by atoms with Crippen LogP contribution in [-0.2, 0) is 0 Å². The molecule has 0 saturated heterocycles. The zero-order valence-electron chi connectivity index (χ0n) is 11.0. The van der Waals surface area contributed by atoms with Crippen LogP contribution in [0.25, 0.3) is 0 Å². The van der Waals surface area contributed by atoms with Gasteiger partial charge in [-0.2, -0.15) is 0 Å². The van der Waals surface area contributed by atoms with Gasteiger partial charge >= 0.3 is 0 Å². The lowest BCUT2D eigenvalue weighted by Crippen LogP contribution is -2.15. The molecule has 0 aliphatic heterocycles. The van der Waals surface area contributed by atoms with Gasteiger partial charge in [0.1, 0.15) is 17.3 Å². The third-order valence-electron chi connectivity index (χ3n) is 2.65. The molecule has 0 saturated carbocycles. The van der Waals surface area contributed by atoms with Gasteiger partial charge in [0, 0.05) is 19.2 Å². The summed E-state index contributed by atoms with van der Waals surface area (Å²) < 4.78 is 13.6. The predicted molar refractivity (Wildman–Crippen MR) is 74.8 cm³/mol. The summed E-state index contributed by atoms with van der Waals surface area (Å²) >= 11 is 0. The monoisotopic (exact) mass is 290 g/mol. The maximum atomic E-state index is 13.6. The van der Waals surface area contributed by atoms with E-state index in [0.29, 0.717) is 5.82 Å². The number of halogens is 1. The second kappa shape index (κ2) is 5.95. The van der Waals surface area contributed by atoms with Crippen molar-refractivity contribution in [2.75, 3.05) is 17.7 Å². The van der Waals surface area contributed by atoms with E-state index in [1.54, 1.807) is 19.2 Å². The molecule has 0 spiro atoms. The van der Waals surface area contributed by atoms with Gasteiger partial charge in [-0.25, -0.2) is 9.37 Å². The second-order valence-electron chi connectivity index (χ2n) is 4.03. The minimum atomic E-state index is -0.765. The van der Waals surface area contributed by atoms with Crippen LogP contribution in [-0.4, -0.2) is 22.9 Å². The van der Waals surface area contributed by atoms with Gasteiger partial charge in [-0.05, 0) is 18.2 Å². The molecule has 0 aliphatic rings. The number of non-ortho nitro benzene ring substituents is 1. The molecular formula is C13H11FN4O3. The molecule has 0 unspecified atom stereocenters. The first-order valence-corrected chi connectivity index (χ1v) is 5.91. The van der Waals surface area contributed by atoms with Crippen molar-refractivity contribution >= 4 is 23.1 Å². The Morgan fingerprint density at radius 1 is 1.33 bits per heavy atom. The van der Waals surface area contributed by atoms with Crippen LogP contribution in [0.1, 0.15) is 10.5 Å². The number of nitro groups is 1. The number of benzene rings is 1. The Labute approximate surface area is 119 Å². The first-order valence-electron chi connectivity index (χ1n) is 5.91. The molecule has 2 aromatic rings. The standard InChI is InChI=1S/C13H11FN4O3/c1-15-12-4-2-3-10(16-12)13(19)17-11-7-8(18(20)21)5-6-9(11)14/h2-7H,1H3,(H,15,16)(H,17,19). The van der Waals surface area contributed by atoms with Crippen molar-refractivity contribution in [2.45, 2.75) is 0 Å². The number of amides is 1. The van der Waals surface area contributed by atoms with Gasteiger partial charge in [0.15, 0.2) is 0 Å². The molecule has 1 amide bonds. The first-order chi connectivity index (χ1) is 10.0. The molecule has 2 rings (SSSR count). The Bertz CT molecular complexity index is 706. The summed E-state index contributed by atoms with van der Waals surface area (Å²) in [7, 11) is 1.64. The van der Waals surface area contributed by atoms with E-state index in [0.717, 1.165) is 18.2 Å². The summed E-state index contributed by atoms with van der Waals surface area (Å²) in [6, 6.07) is 7.61. The number of hydrogen-bond acceptors (Lipinski definition) is 5. The Morgan fingerprint density at radius 3 is 2.76 bits per heavy atom. The van der Waals surface area contributed by atoms with Gasteiger partial charge in [-0.15, -0.1) is 0 Å². The molecule has 0 atom stereocenters. The van der Waals surface area contributed by atoms with Crippen molar-refractivity contribution in [3.8, 4) is 0 Å². The Morgan fingerprint density at radius 2 is 2.10 bits per heavy atom. The highest BCUT2D eigenvalue weighted by atomic mass is 19.1. The highest BCUT2D eigenvalue weighted by Crippen LogP contribution is 2.21. The van der Waals surface area contributed by atoms with Gasteiger partial charge in [0.25, 0.3) is 11.6 Å². The molecule has 0 bridgehead atoms. The number of nitro benzene ring substituents is 1. The Kier molecular flexibility index (Phi) is 4.07. The third kappa shape index (κ3) is 3.30. The molecule has 108 valence electrons. The van der Waals surface area contributed by atoms with E-state index in [9.17, 15) is 19.3 Å². The zero-order valence-corrected chi connectivity index (χ0v) is 11.0. The molecule has 7 nitrogen and oxygen atoms in total. The number of nitrogens with zero attached hydrogens (tertiary/aromatic N) is 2. The van der Waals surface area contributed by atoms with Crippen LogP contribution in [0.3, 0.4) is 0 Å². The lowest BCUT2D eigenvalue weighted by molar-refractivity contribution is -0.384. The van der Waals surface area contributed by atoms with Crippen molar-refractivity contribution in [1.29, 1.82) is 0 Å². The molecule has 0 radical (unpaired) electrons. The first kappa shape index (κ1) is 14.4. The van der Waals surface area contributed by atoms with Gasteiger partial charge in [0.2, 0.25) is 0 Å². The van der Waals surface area contributed by atoms with Crippen LogP contribution in [0.5, 0.6) is 0 Å². The summed E-state index contributed by atoms with van der Waals surface area (Å²) in [6.45, 7) is 0.